The van der Waals surface area contributed by atoms with E-state index in [4.69, 9.17) is 4.74 Å². The highest BCUT2D eigenvalue weighted by atomic mass is 16.5. The Kier molecular flexibility index (Phi) is 7.51. The van der Waals surface area contributed by atoms with E-state index in [0.29, 0.717) is 12.1 Å². The van der Waals surface area contributed by atoms with Gasteiger partial charge < -0.3 is 20.3 Å². The van der Waals surface area contributed by atoms with Gasteiger partial charge in [0, 0.05) is 49.4 Å². The Morgan fingerprint density at radius 3 is 2.64 bits per heavy atom. The summed E-state index contributed by atoms with van der Waals surface area (Å²) in [6.07, 6.45) is 6.91. The second kappa shape index (κ2) is 10.1. The van der Waals surface area contributed by atoms with E-state index in [1.54, 1.807) is 7.11 Å². The number of rotatable bonds is 9. The van der Waals surface area contributed by atoms with Crippen LogP contribution in [0.2, 0.25) is 0 Å². The number of nitrogens with zero attached hydrogens (tertiary/aromatic N) is 2. The van der Waals surface area contributed by atoms with E-state index in [9.17, 15) is 0 Å². The maximum absolute atomic E-state index is 5.47. The number of aryl methyl sites for hydroxylation is 1. The summed E-state index contributed by atoms with van der Waals surface area (Å²) in [6.45, 7) is 11.3. The molecule has 1 aromatic heterocycles. The minimum absolute atomic E-state index is 0.614. The summed E-state index contributed by atoms with van der Waals surface area (Å²) >= 11 is 0. The van der Waals surface area contributed by atoms with E-state index in [0.717, 1.165) is 28.9 Å². The molecular formula is C23H36N4O. The van der Waals surface area contributed by atoms with Gasteiger partial charge in [0.2, 0.25) is 0 Å². The summed E-state index contributed by atoms with van der Waals surface area (Å²) < 4.78 is 5.47. The smallest absolute Gasteiger partial charge is 0.121 e. The highest BCUT2D eigenvalue weighted by Crippen LogP contribution is 2.29. The molecule has 5 heteroatoms. The van der Waals surface area contributed by atoms with Crippen LogP contribution >= 0.6 is 0 Å². The third-order valence-electron chi connectivity index (χ3n) is 5.62. The summed E-state index contributed by atoms with van der Waals surface area (Å²) in [5.41, 5.74) is 3.33. The number of hydrogen-bond donors (Lipinski definition) is 2. The van der Waals surface area contributed by atoms with Gasteiger partial charge in [-0.3, -0.25) is 4.98 Å². The van der Waals surface area contributed by atoms with Gasteiger partial charge in [-0.05, 0) is 57.9 Å². The van der Waals surface area contributed by atoms with Gasteiger partial charge in [-0.2, -0.15) is 0 Å². The molecule has 2 aromatic rings. The lowest BCUT2D eigenvalue weighted by molar-refractivity contribution is 0.170. The minimum Gasteiger partial charge on any atom is -0.497 e. The van der Waals surface area contributed by atoms with Crippen molar-refractivity contribution in [1.29, 1.82) is 0 Å². The van der Waals surface area contributed by atoms with Crippen molar-refractivity contribution in [2.45, 2.75) is 58.5 Å². The molecule has 0 spiro atoms. The summed E-state index contributed by atoms with van der Waals surface area (Å²) in [6, 6.07) is 7.40. The predicted molar refractivity (Wildman–Crippen MR) is 118 cm³/mol. The zero-order valence-corrected chi connectivity index (χ0v) is 17.9. The molecule has 154 valence electrons. The molecule has 2 atom stereocenters. The molecule has 0 bridgehead atoms. The summed E-state index contributed by atoms with van der Waals surface area (Å²) in [7, 11) is 1.72. The molecule has 0 saturated carbocycles. The van der Waals surface area contributed by atoms with Crippen LogP contribution in [0.5, 0.6) is 5.75 Å². The van der Waals surface area contributed by atoms with Crippen molar-refractivity contribution in [2.24, 2.45) is 0 Å². The highest BCUT2D eigenvalue weighted by Gasteiger charge is 2.19. The van der Waals surface area contributed by atoms with Crippen molar-refractivity contribution in [3.8, 4) is 5.75 Å². The molecule has 0 aliphatic carbocycles. The lowest BCUT2D eigenvalue weighted by Crippen LogP contribution is -2.54. The Balaban J connectivity index is 1.41. The number of unbranched alkanes of at least 4 members (excludes halogenated alkanes) is 3. The van der Waals surface area contributed by atoms with E-state index in [2.05, 4.69) is 53.4 Å². The lowest BCUT2D eigenvalue weighted by Gasteiger charge is -2.36. The van der Waals surface area contributed by atoms with Crippen molar-refractivity contribution < 1.29 is 4.74 Å². The first kappa shape index (κ1) is 20.9. The third kappa shape index (κ3) is 5.58. The van der Waals surface area contributed by atoms with Crippen molar-refractivity contribution in [3.63, 3.8) is 0 Å². The molecule has 1 saturated heterocycles. The molecule has 1 aliphatic heterocycles. The van der Waals surface area contributed by atoms with E-state index in [1.807, 2.05) is 12.3 Å². The first-order valence-electron chi connectivity index (χ1n) is 10.7. The largest absolute Gasteiger partial charge is 0.497 e. The van der Waals surface area contributed by atoms with Crippen LogP contribution in [0.3, 0.4) is 0 Å². The molecule has 2 heterocycles. The Bertz CT molecular complexity index is 754. The molecule has 1 aliphatic rings. The van der Waals surface area contributed by atoms with Crippen LogP contribution < -0.4 is 15.4 Å². The van der Waals surface area contributed by atoms with E-state index in [-0.39, 0.29) is 0 Å². The fourth-order valence-corrected chi connectivity index (χ4v) is 4.27. The van der Waals surface area contributed by atoms with Crippen LogP contribution in [0, 0.1) is 6.92 Å². The highest BCUT2D eigenvalue weighted by molar-refractivity contribution is 5.93. The molecule has 0 amide bonds. The molecule has 2 N–H and O–H groups in total. The predicted octanol–water partition coefficient (Wildman–Crippen LogP) is 4.21. The van der Waals surface area contributed by atoms with Gasteiger partial charge in [0.1, 0.15) is 5.75 Å². The number of methoxy groups -OCH3 is 1. The number of fused-ring (bicyclic) bond motifs is 1. The zero-order valence-electron chi connectivity index (χ0n) is 17.9. The molecule has 1 fully saturated rings. The van der Waals surface area contributed by atoms with Gasteiger partial charge in [-0.25, -0.2) is 0 Å². The number of nitrogens with one attached hydrogen (secondary N) is 2. The summed E-state index contributed by atoms with van der Waals surface area (Å²) in [5.74, 6) is 0.880. The average molecular weight is 385 g/mol. The van der Waals surface area contributed by atoms with Crippen LogP contribution in [0.1, 0.15) is 45.1 Å². The normalized spacial score (nSPS) is 20.4. The first-order chi connectivity index (χ1) is 13.6. The van der Waals surface area contributed by atoms with Crippen LogP contribution in [0.4, 0.5) is 5.69 Å². The number of pyridine rings is 1. The molecule has 3 rings (SSSR count). The van der Waals surface area contributed by atoms with Crippen LogP contribution in [0.25, 0.3) is 10.9 Å². The monoisotopic (exact) mass is 384 g/mol. The maximum Gasteiger partial charge on any atom is 0.121 e. The standard InChI is InChI=1S/C23H36N4O/c1-17-9-11-25-23-21(17)13-20(28-4)14-22(23)24-10-7-5-6-8-12-27-15-18(2)26-19(3)16-27/h9,11,13-14,18-19,24,26H,5-8,10,12,15-16H2,1-4H3. The van der Waals surface area contributed by atoms with Gasteiger partial charge in [0.15, 0.2) is 0 Å². The van der Waals surface area contributed by atoms with Crippen molar-refractivity contribution in [2.75, 3.05) is 38.6 Å². The maximum atomic E-state index is 5.47. The zero-order chi connectivity index (χ0) is 19.9. The quantitative estimate of drug-likeness (QED) is 0.635. The van der Waals surface area contributed by atoms with E-state index in [1.165, 1.54) is 50.9 Å². The van der Waals surface area contributed by atoms with Gasteiger partial charge in [0.05, 0.1) is 18.3 Å². The second-order valence-electron chi connectivity index (χ2n) is 8.27. The van der Waals surface area contributed by atoms with Crippen LogP contribution in [-0.4, -0.2) is 55.3 Å². The van der Waals surface area contributed by atoms with Gasteiger partial charge in [-0.1, -0.05) is 12.8 Å². The van der Waals surface area contributed by atoms with Crippen molar-refractivity contribution in [3.05, 3.63) is 30.0 Å². The number of ether oxygens (including phenoxy) is 1. The Morgan fingerprint density at radius 2 is 1.89 bits per heavy atom. The first-order valence-corrected chi connectivity index (χ1v) is 10.7. The molecule has 1 aromatic carbocycles. The SMILES string of the molecule is COc1cc(NCCCCCCN2CC(C)NC(C)C2)c2nccc(C)c2c1. The molecular weight excluding hydrogens is 348 g/mol. The third-order valence-corrected chi connectivity index (χ3v) is 5.62. The molecule has 28 heavy (non-hydrogen) atoms. The fraction of sp³-hybridized carbons (Fsp3) is 0.609. The number of hydrogen-bond acceptors (Lipinski definition) is 5. The van der Waals surface area contributed by atoms with Gasteiger partial charge in [-0.15, -0.1) is 0 Å². The van der Waals surface area contributed by atoms with Crippen molar-refractivity contribution >= 4 is 16.6 Å². The van der Waals surface area contributed by atoms with E-state index >= 15 is 0 Å². The molecule has 2 unspecified atom stereocenters. The van der Waals surface area contributed by atoms with Gasteiger partial charge in [0.25, 0.3) is 0 Å². The second-order valence-corrected chi connectivity index (χ2v) is 8.27. The topological polar surface area (TPSA) is 49.4 Å². The number of anilines is 1. The Morgan fingerprint density at radius 1 is 1.14 bits per heavy atom. The number of aromatic nitrogens is 1. The Hall–Kier alpha value is -1.85. The molecule has 0 radical (unpaired) electrons. The van der Waals surface area contributed by atoms with Crippen LogP contribution in [0.15, 0.2) is 24.4 Å². The number of benzene rings is 1. The van der Waals surface area contributed by atoms with E-state index < -0.39 is 0 Å². The summed E-state index contributed by atoms with van der Waals surface area (Å²) in [4.78, 5) is 7.19. The molecule has 5 nitrogen and oxygen atoms in total. The van der Waals surface area contributed by atoms with Crippen molar-refractivity contribution in [1.82, 2.24) is 15.2 Å². The number of piperazine rings is 1. The average Bonchev–Trinajstić information content (AvgIpc) is 2.66. The van der Waals surface area contributed by atoms with Gasteiger partial charge >= 0.3 is 0 Å². The minimum atomic E-state index is 0.614. The Labute approximate surface area is 169 Å². The fourth-order valence-electron chi connectivity index (χ4n) is 4.27. The lowest BCUT2D eigenvalue weighted by atomic mass is 10.1. The van der Waals surface area contributed by atoms with Crippen LogP contribution in [-0.2, 0) is 0 Å². The summed E-state index contributed by atoms with van der Waals surface area (Å²) in [5, 5.41) is 8.34.